The van der Waals surface area contributed by atoms with Crippen LogP contribution in [0, 0.1) is 29.6 Å². The number of hydrogen-bond acceptors (Lipinski definition) is 2. The molecule has 1 aromatic heterocycles. The van der Waals surface area contributed by atoms with Gasteiger partial charge < -0.3 is 4.57 Å². The summed E-state index contributed by atoms with van der Waals surface area (Å²) in [6.07, 6.45) is 7.73. The minimum atomic E-state index is 0.305. The molecule has 0 aliphatic heterocycles. The third-order valence-electron chi connectivity index (χ3n) is 5.08. The van der Waals surface area contributed by atoms with E-state index in [1.807, 2.05) is 17.8 Å². The van der Waals surface area contributed by atoms with Gasteiger partial charge in [0.2, 0.25) is 5.78 Å². The molecule has 84 valence electrons. The van der Waals surface area contributed by atoms with Crippen molar-refractivity contribution in [2.24, 2.45) is 36.6 Å². The molecule has 0 amide bonds. The highest BCUT2D eigenvalue weighted by Crippen LogP contribution is 2.69. The van der Waals surface area contributed by atoms with Crippen LogP contribution in [0.15, 0.2) is 12.4 Å². The van der Waals surface area contributed by atoms with Crippen molar-refractivity contribution in [1.29, 1.82) is 0 Å². The summed E-state index contributed by atoms with van der Waals surface area (Å²) in [6.45, 7) is 0. The lowest BCUT2D eigenvalue weighted by Crippen LogP contribution is -2.14. The van der Waals surface area contributed by atoms with Crippen molar-refractivity contribution >= 4 is 5.78 Å². The van der Waals surface area contributed by atoms with Crippen LogP contribution < -0.4 is 0 Å². The van der Waals surface area contributed by atoms with Crippen LogP contribution in [0.2, 0.25) is 0 Å². The SMILES string of the molecule is Cn1ccnc1C(=O)C1C2C3CCC(C3)C12. The van der Waals surface area contributed by atoms with Gasteiger partial charge in [-0.1, -0.05) is 0 Å². The Morgan fingerprint density at radius 3 is 2.62 bits per heavy atom. The third-order valence-corrected chi connectivity index (χ3v) is 5.08. The van der Waals surface area contributed by atoms with E-state index in [-0.39, 0.29) is 0 Å². The average Bonchev–Trinajstić information content (AvgIpc) is 2.67. The standard InChI is InChI=1S/C13H16N2O/c1-15-5-4-14-13(15)12(16)11-9-7-2-3-8(6-7)10(9)11/h4-5,7-11H,2-3,6H2,1H3. The summed E-state index contributed by atoms with van der Waals surface area (Å²) < 4.78 is 1.86. The summed E-state index contributed by atoms with van der Waals surface area (Å²) in [5.41, 5.74) is 0. The number of rotatable bonds is 2. The van der Waals surface area contributed by atoms with E-state index >= 15 is 0 Å². The first kappa shape index (κ1) is 8.97. The molecule has 4 atom stereocenters. The number of carbonyl (C=O) groups excluding carboxylic acids is 1. The molecule has 3 nitrogen and oxygen atoms in total. The Kier molecular flexibility index (Phi) is 1.55. The number of ketones is 1. The second kappa shape index (κ2) is 2.76. The number of nitrogens with zero attached hydrogens (tertiary/aromatic N) is 2. The fraction of sp³-hybridized carbons (Fsp3) is 0.692. The number of fused-ring (bicyclic) bond motifs is 5. The number of Topliss-reactive ketones (excluding diaryl/α,β-unsaturated/α-hetero) is 1. The topological polar surface area (TPSA) is 34.9 Å². The highest BCUT2D eigenvalue weighted by Gasteiger charge is 2.67. The Morgan fingerprint density at radius 1 is 1.38 bits per heavy atom. The second-order valence-corrected chi connectivity index (χ2v) is 5.74. The van der Waals surface area contributed by atoms with Gasteiger partial charge in [-0.15, -0.1) is 0 Å². The number of carbonyl (C=O) groups is 1. The Hall–Kier alpha value is -1.12. The molecule has 3 aliphatic carbocycles. The fourth-order valence-corrected chi connectivity index (χ4v) is 4.43. The lowest BCUT2D eigenvalue weighted by atomic mass is 9.99. The van der Waals surface area contributed by atoms with Crippen LogP contribution >= 0.6 is 0 Å². The third kappa shape index (κ3) is 0.944. The summed E-state index contributed by atoms with van der Waals surface area (Å²) in [5, 5.41) is 0. The lowest BCUT2D eigenvalue weighted by molar-refractivity contribution is 0.0931. The zero-order valence-electron chi connectivity index (χ0n) is 9.47. The van der Waals surface area contributed by atoms with E-state index in [9.17, 15) is 4.79 Å². The molecule has 16 heavy (non-hydrogen) atoms. The number of imidazole rings is 1. The van der Waals surface area contributed by atoms with E-state index in [4.69, 9.17) is 0 Å². The van der Waals surface area contributed by atoms with Gasteiger partial charge in [-0.05, 0) is 42.9 Å². The molecule has 0 saturated heterocycles. The van der Waals surface area contributed by atoms with Crippen LogP contribution in [0.25, 0.3) is 0 Å². The van der Waals surface area contributed by atoms with Gasteiger partial charge in [-0.2, -0.15) is 0 Å². The van der Waals surface area contributed by atoms with E-state index in [0.29, 0.717) is 17.5 Å². The molecule has 0 aromatic carbocycles. The molecular formula is C13H16N2O. The van der Waals surface area contributed by atoms with Crippen molar-refractivity contribution in [1.82, 2.24) is 9.55 Å². The summed E-state index contributed by atoms with van der Waals surface area (Å²) in [4.78, 5) is 16.5. The van der Waals surface area contributed by atoms with Crippen LogP contribution in [0.4, 0.5) is 0 Å². The van der Waals surface area contributed by atoms with Gasteiger partial charge in [0.25, 0.3) is 0 Å². The van der Waals surface area contributed by atoms with Gasteiger partial charge in [-0.25, -0.2) is 4.98 Å². The Morgan fingerprint density at radius 2 is 2.06 bits per heavy atom. The Balaban J connectivity index is 1.62. The molecule has 1 heterocycles. The molecule has 3 heteroatoms. The first-order chi connectivity index (χ1) is 7.77. The molecule has 3 fully saturated rings. The number of aromatic nitrogens is 2. The maximum atomic E-state index is 12.3. The smallest absolute Gasteiger partial charge is 0.201 e. The lowest BCUT2D eigenvalue weighted by Gasteiger charge is -2.07. The molecule has 3 aliphatic rings. The molecule has 0 spiro atoms. The number of aryl methyl sites for hydroxylation is 1. The van der Waals surface area contributed by atoms with E-state index in [2.05, 4.69) is 4.98 Å². The zero-order valence-corrected chi connectivity index (χ0v) is 9.47. The fourth-order valence-electron chi connectivity index (χ4n) is 4.43. The van der Waals surface area contributed by atoms with Crippen molar-refractivity contribution in [2.75, 3.05) is 0 Å². The molecule has 3 saturated carbocycles. The summed E-state index contributed by atoms with van der Waals surface area (Å²) in [5.74, 6) is 4.48. The summed E-state index contributed by atoms with van der Waals surface area (Å²) in [6, 6.07) is 0. The molecule has 0 N–H and O–H groups in total. The molecule has 1 aromatic rings. The highest BCUT2D eigenvalue weighted by atomic mass is 16.1. The van der Waals surface area contributed by atoms with Crippen molar-refractivity contribution in [3.8, 4) is 0 Å². The van der Waals surface area contributed by atoms with E-state index in [1.54, 1.807) is 6.20 Å². The van der Waals surface area contributed by atoms with Gasteiger partial charge in [0.1, 0.15) is 0 Å². The van der Waals surface area contributed by atoms with Crippen LogP contribution in [-0.2, 0) is 7.05 Å². The van der Waals surface area contributed by atoms with Gasteiger partial charge in [0.15, 0.2) is 5.82 Å². The van der Waals surface area contributed by atoms with Crippen molar-refractivity contribution < 1.29 is 4.79 Å². The van der Waals surface area contributed by atoms with Crippen LogP contribution in [-0.4, -0.2) is 15.3 Å². The van der Waals surface area contributed by atoms with Crippen LogP contribution in [0.3, 0.4) is 0 Å². The quantitative estimate of drug-likeness (QED) is 0.708. The van der Waals surface area contributed by atoms with Crippen molar-refractivity contribution in [3.63, 3.8) is 0 Å². The molecule has 4 rings (SSSR count). The molecule has 4 unspecified atom stereocenters. The molecule has 0 radical (unpaired) electrons. The highest BCUT2D eigenvalue weighted by molar-refractivity contribution is 5.97. The average molecular weight is 216 g/mol. The van der Waals surface area contributed by atoms with E-state index in [0.717, 1.165) is 23.7 Å². The first-order valence-corrected chi connectivity index (χ1v) is 6.29. The maximum absolute atomic E-state index is 12.3. The predicted octanol–water partition coefficient (Wildman–Crippen LogP) is 1.89. The monoisotopic (exact) mass is 216 g/mol. The first-order valence-electron chi connectivity index (χ1n) is 6.29. The Labute approximate surface area is 94.9 Å². The largest absolute Gasteiger partial charge is 0.332 e. The van der Waals surface area contributed by atoms with E-state index < -0.39 is 0 Å². The second-order valence-electron chi connectivity index (χ2n) is 5.74. The van der Waals surface area contributed by atoms with Crippen LogP contribution in [0.5, 0.6) is 0 Å². The van der Waals surface area contributed by atoms with Gasteiger partial charge in [-0.3, -0.25) is 4.79 Å². The van der Waals surface area contributed by atoms with Gasteiger partial charge in [0, 0.05) is 25.4 Å². The zero-order chi connectivity index (χ0) is 10.9. The minimum Gasteiger partial charge on any atom is -0.332 e. The van der Waals surface area contributed by atoms with Crippen molar-refractivity contribution in [3.05, 3.63) is 18.2 Å². The van der Waals surface area contributed by atoms with Gasteiger partial charge in [0.05, 0.1) is 0 Å². The molecule has 2 bridgehead atoms. The minimum absolute atomic E-state index is 0.305. The Bertz CT molecular complexity index is 448. The molecular weight excluding hydrogens is 200 g/mol. The normalized spacial score (nSPS) is 43.4. The number of hydrogen-bond donors (Lipinski definition) is 0. The van der Waals surface area contributed by atoms with Gasteiger partial charge >= 0.3 is 0 Å². The van der Waals surface area contributed by atoms with Crippen molar-refractivity contribution in [2.45, 2.75) is 19.3 Å². The van der Waals surface area contributed by atoms with E-state index in [1.165, 1.54) is 19.3 Å². The van der Waals surface area contributed by atoms with Crippen LogP contribution in [0.1, 0.15) is 29.9 Å². The summed E-state index contributed by atoms with van der Waals surface area (Å²) >= 11 is 0. The maximum Gasteiger partial charge on any atom is 0.201 e. The summed E-state index contributed by atoms with van der Waals surface area (Å²) in [7, 11) is 1.91. The predicted molar refractivity (Wildman–Crippen MR) is 58.8 cm³/mol.